The van der Waals surface area contributed by atoms with E-state index in [9.17, 15) is 9.59 Å². The van der Waals surface area contributed by atoms with E-state index >= 15 is 4.39 Å². The van der Waals surface area contributed by atoms with Crippen LogP contribution in [0.15, 0.2) is 50.9 Å². The highest BCUT2D eigenvalue weighted by Gasteiger charge is 2.48. The number of benzene rings is 1. The quantitative estimate of drug-likeness (QED) is 0.486. The molecule has 9 nitrogen and oxygen atoms in total. The molecule has 5 rings (SSSR count). The third kappa shape index (κ3) is 3.18. The molecule has 0 aliphatic heterocycles. The van der Waals surface area contributed by atoms with Gasteiger partial charge >= 0.3 is 5.76 Å². The lowest BCUT2D eigenvalue weighted by atomic mass is 9.73. The van der Waals surface area contributed by atoms with Gasteiger partial charge in [0.1, 0.15) is 18.5 Å². The first-order valence-corrected chi connectivity index (χ1v) is 10.1. The normalized spacial score (nSPS) is 20.8. The summed E-state index contributed by atoms with van der Waals surface area (Å²) in [6, 6.07) is 7.07. The van der Waals surface area contributed by atoms with Crippen molar-refractivity contribution in [3.05, 3.63) is 74.8 Å². The third-order valence-corrected chi connectivity index (χ3v) is 5.96. The van der Waals surface area contributed by atoms with Gasteiger partial charge in [0.15, 0.2) is 11.2 Å². The van der Waals surface area contributed by atoms with Gasteiger partial charge in [0.2, 0.25) is 5.89 Å². The minimum absolute atomic E-state index is 0.0544. The summed E-state index contributed by atoms with van der Waals surface area (Å²) < 4.78 is 24.5. The topological polar surface area (TPSA) is 101 Å². The maximum atomic E-state index is 15.3. The van der Waals surface area contributed by atoms with E-state index in [1.807, 2.05) is 19.1 Å². The molecule has 0 amide bonds. The molecule has 31 heavy (non-hydrogen) atoms. The molecule has 160 valence electrons. The van der Waals surface area contributed by atoms with E-state index in [2.05, 4.69) is 15.1 Å². The largest absolute Gasteiger partial charge is 0.437 e. The van der Waals surface area contributed by atoms with E-state index in [0.29, 0.717) is 16.7 Å². The number of rotatable bonds is 5. The predicted molar refractivity (Wildman–Crippen MR) is 110 cm³/mol. The third-order valence-electron chi connectivity index (χ3n) is 5.96. The fourth-order valence-corrected chi connectivity index (χ4v) is 4.09. The number of halogens is 1. The Labute approximate surface area is 175 Å². The van der Waals surface area contributed by atoms with Crippen molar-refractivity contribution in [1.29, 1.82) is 0 Å². The first-order valence-electron chi connectivity index (χ1n) is 10.1. The van der Waals surface area contributed by atoms with Crippen molar-refractivity contribution in [2.75, 3.05) is 0 Å². The summed E-state index contributed by atoms with van der Waals surface area (Å²) in [5, 5.41) is 4.21. The first-order chi connectivity index (χ1) is 14.9. The van der Waals surface area contributed by atoms with Crippen LogP contribution in [0.1, 0.15) is 42.8 Å². The Kier molecular flexibility index (Phi) is 4.38. The van der Waals surface area contributed by atoms with E-state index in [0.717, 1.165) is 12.0 Å². The van der Waals surface area contributed by atoms with Gasteiger partial charge in [-0.2, -0.15) is 4.68 Å². The molecule has 1 fully saturated rings. The Balaban J connectivity index is 1.35. The van der Waals surface area contributed by atoms with Crippen molar-refractivity contribution in [1.82, 2.24) is 28.9 Å². The van der Waals surface area contributed by atoms with Crippen LogP contribution in [0.25, 0.3) is 11.2 Å². The van der Waals surface area contributed by atoms with E-state index in [1.165, 1.54) is 21.9 Å². The lowest BCUT2D eigenvalue weighted by Gasteiger charge is -2.40. The van der Waals surface area contributed by atoms with Crippen LogP contribution in [-0.2, 0) is 25.7 Å². The molecule has 0 spiro atoms. The molecule has 0 radical (unpaired) electrons. The van der Waals surface area contributed by atoms with Crippen LogP contribution in [0, 0.1) is 0 Å². The molecule has 1 saturated carbocycles. The maximum absolute atomic E-state index is 15.3. The van der Waals surface area contributed by atoms with Gasteiger partial charge in [0, 0.05) is 19.9 Å². The van der Waals surface area contributed by atoms with E-state index in [-0.39, 0.29) is 30.8 Å². The number of alkyl halides is 1. The SMILES string of the molecule is CCc1ccc([C@]2(F)C[C@@H](n3nc(Cn4cnc5ncn(C)c5c4=O)oc3=O)C2)cc1. The Bertz CT molecular complexity index is 1370. The number of imidazole rings is 1. The highest BCUT2D eigenvalue weighted by molar-refractivity contribution is 5.68. The van der Waals surface area contributed by atoms with Gasteiger partial charge in [0.25, 0.3) is 5.56 Å². The fourth-order valence-electron chi connectivity index (χ4n) is 4.09. The molecule has 0 atom stereocenters. The number of aryl methyl sites for hydroxylation is 2. The fraction of sp³-hybridized carbons (Fsp3) is 0.381. The molecule has 0 unspecified atom stereocenters. The number of fused-ring (bicyclic) bond motifs is 1. The molecule has 1 aliphatic carbocycles. The highest BCUT2D eigenvalue weighted by atomic mass is 19.1. The van der Waals surface area contributed by atoms with Crippen molar-refractivity contribution >= 4 is 11.2 Å². The predicted octanol–water partition coefficient (Wildman–Crippen LogP) is 2.09. The minimum Gasteiger partial charge on any atom is -0.390 e. The molecule has 1 aromatic carbocycles. The van der Waals surface area contributed by atoms with Crippen molar-refractivity contribution < 1.29 is 8.81 Å². The summed E-state index contributed by atoms with van der Waals surface area (Å²) in [5.41, 5.74) is 0.649. The maximum Gasteiger partial charge on any atom is 0.437 e. The average molecular weight is 424 g/mol. The summed E-state index contributed by atoms with van der Waals surface area (Å²) in [5.74, 6) is -0.593. The summed E-state index contributed by atoms with van der Waals surface area (Å²) in [6.45, 7) is 1.99. The number of nitrogens with zero attached hydrogens (tertiary/aromatic N) is 6. The van der Waals surface area contributed by atoms with E-state index in [1.54, 1.807) is 23.7 Å². The average Bonchev–Trinajstić information content (AvgIpc) is 3.30. The molecule has 4 aromatic rings. The zero-order chi connectivity index (χ0) is 21.8. The van der Waals surface area contributed by atoms with Gasteiger partial charge in [-0.3, -0.25) is 9.36 Å². The summed E-state index contributed by atoms with van der Waals surface area (Å²) >= 11 is 0. The molecule has 0 bridgehead atoms. The minimum atomic E-state index is -1.49. The second kappa shape index (κ2) is 7.00. The Morgan fingerprint density at radius 3 is 2.58 bits per heavy atom. The number of hydrogen-bond acceptors (Lipinski definition) is 6. The van der Waals surface area contributed by atoms with Gasteiger partial charge in [0.05, 0.1) is 12.4 Å². The second-order valence-corrected chi connectivity index (χ2v) is 7.99. The molecule has 3 aromatic heterocycles. The first kappa shape index (κ1) is 19.4. The van der Waals surface area contributed by atoms with Crippen LogP contribution in [0.2, 0.25) is 0 Å². The highest BCUT2D eigenvalue weighted by Crippen LogP contribution is 2.50. The smallest absolute Gasteiger partial charge is 0.390 e. The van der Waals surface area contributed by atoms with E-state index in [4.69, 9.17) is 4.42 Å². The van der Waals surface area contributed by atoms with E-state index < -0.39 is 17.5 Å². The van der Waals surface area contributed by atoms with Crippen LogP contribution in [0.5, 0.6) is 0 Å². The molecular formula is C21H21FN6O3. The Hall–Kier alpha value is -3.56. The lowest BCUT2D eigenvalue weighted by molar-refractivity contribution is 0.00178. The van der Waals surface area contributed by atoms with Crippen LogP contribution in [-0.4, -0.2) is 28.9 Å². The van der Waals surface area contributed by atoms with Crippen molar-refractivity contribution in [2.24, 2.45) is 7.05 Å². The van der Waals surface area contributed by atoms with Gasteiger partial charge in [-0.05, 0) is 17.5 Å². The van der Waals surface area contributed by atoms with Crippen LogP contribution in [0.4, 0.5) is 4.39 Å². The zero-order valence-electron chi connectivity index (χ0n) is 17.2. The Morgan fingerprint density at radius 2 is 1.87 bits per heavy atom. The molecule has 3 heterocycles. The number of aromatic nitrogens is 6. The second-order valence-electron chi connectivity index (χ2n) is 7.99. The van der Waals surface area contributed by atoms with Crippen LogP contribution >= 0.6 is 0 Å². The van der Waals surface area contributed by atoms with Crippen molar-refractivity contribution in [3.8, 4) is 0 Å². The molecule has 0 N–H and O–H groups in total. The van der Waals surface area contributed by atoms with Crippen LogP contribution in [0.3, 0.4) is 0 Å². The lowest BCUT2D eigenvalue weighted by Crippen LogP contribution is -2.41. The van der Waals surface area contributed by atoms with Gasteiger partial charge in [-0.1, -0.05) is 31.2 Å². The zero-order valence-corrected chi connectivity index (χ0v) is 17.2. The monoisotopic (exact) mass is 424 g/mol. The van der Waals surface area contributed by atoms with Gasteiger partial charge < -0.3 is 8.98 Å². The van der Waals surface area contributed by atoms with Crippen molar-refractivity contribution in [2.45, 2.75) is 44.4 Å². The molecular weight excluding hydrogens is 403 g/mol. The summed E-state index contributed by atoms with van der Waals surface area (Å²) in [7, 11) is 1.70. The summed E-state index contributed by atoms with van der Waals surface area (Å²) in [4.78, 5) is 33.1. The summed E-state index contributed by atoms with van der Waals surface area (Å²) in [6.07, 6.45) is 4.03. The number of hydrogen-bond donors (Lipinski definition) is 0. The molecule has 10 heteroatoms. The van der Waals surface area contributed by atoms with Gasteiger partial charge in [-0.25, -0.2) is 19.2 Å². The van der Waals surface area contributed by atoms with Gasteiger partial charge in [-0.15, -0.1) is 5.10 Å². The van der Waals surface area contributed by atoms with Crippen LogP contribution < -0.4 is 11.3 Å². The molecule has 1 aliphatic rings. The molecule has 0 saturated heterocycles. The van der Waals surface area contributed by atoms with Crippen molar-refractivity contribution in [3.63, 3.8) is 0 Å². The Morgan fingerprint density at radius 1 is 1.16 bits per heavy atom. The standard InChI is InChI=1S/C21H21FN6O3/c1-3-13-4-6-14(7-5-13)21(22)8-15(9-21)28-20(30)31-16(25-28)10-27-12-24-18-17(19(27)29)26(2)11-23-18/h4-7,11-12,15H,3,8-10H2,1-2H3/t15-,21+.